The van der Waals surface area contributed by atoms with Crippen LogP contribution in [0.5, 0.6) is 0 Å². The van der Waals surface area contributed by atoms with Crippen molar-refractivity contribution in [3.8, 4) is 0 Å². The SMILES string of the molecule is CCCn1cc(S(=O)(=O)NCc2ccn[nH]2)cc1C(=O)O. The van der Waals surface area contributed by atoms with Crippen molar-refractivity contribution in [2.75, 3.05) is 0 Å². The van der Waals surface area contributed by atoms with Crippen LogP contribution in [0.4, 0.5) is 0 Å². The Kier molecular flexibility index (Phi) is 4.43. The van der Waals surface area contributed by atoms with Gasteiger partial charge in [0.1, 0.15) is 10.6 Å². The fourth-order valence-corrected chi connectivity index (χ4v) is 2.92. The van der Waals surface area contributed by atoms with Crippen LogP contribution in [0.15, 0.2) is 29.4 Å². The summed E-state index contributed by atoms with van der Waals surface area (Å²) in [5.41, 5.74) is 0.573. The molecule has 0 fully saturated rings. The maximum Gasteiger partial charge on any atom is 0.352 e. The Labute approximate surface area is 121 Å². The lowest BCUT2D eigenvalue weighted by molar-refractivity contribution is 0.0685. The van der Waals surface area contributed by atoms with E-state index in [0.29, 0.717) is 18.7 Å². The molecule has 0 aliphatic carbocycles. The second kappa shape index (κ2) is 6.10. The zero-order valence-electron chi connectivity index (χ0n) is 11.4. The number of aryl methyl sites for hydroxylation is 1. The van der Waals surface area contributed by atoms with Gasteiger partial charge < -0.3 is 9.67 Å². The lowest BCUT2D eigenvalue weighted by Crippen LogP contribution is -2.23. The molecule has 2 rings (SSSR count). The molecule has 0 amide bonds. The highest BCUT2D eigenvalue weighted by molar-refractivity contribution is 7.89. The second-order valence-electron chi connectivity index (χ2n) is 4.47. The number of carboxylic acid groups (broad SMARTS) is 1. The topological polar surface area (TPSA) is 117 Å². The standard InChI is InChI=1S/C12H16N4O4S/c1-2-5-16-8-10(6-11(16)12(17)18)21(19,20)14-7-9-3-4-13-15-9/h3-4,6,8,14H,2,5,7H2,1H3,(H,13,15)(H,17,18). The quantitative estimate of drug-likeness (QED) is 0.699. The Morgan fingerprint density at radius 1 is 1.52 bits per heavy atom. The number of aromatic carboxylic acids is 1. The third kappa shape index (κ3) is 3.50. The predicted octanol–water partition coefficient (Wildman–Crippen LogP) is 0.798. The van der Waals surface area contributed by atoms with Crippen LogP contribution in [0.25, 0.3) is 0 Å². The summed E-state index contributed by atoms with van der Waals surface area (Å²) < 4.78 is 28.2. The molecule has 0 radical (unpaired) electrons. The first-order valence-electron chi connectivity index (χ1n) is 6.35. The first kappa shape index (κ1) is 15.3. The van der Waals surface area contributed by atoms with Crippen molar-refractivity contribution in [1.29, 1.82) is 0 Å². The normalized spacial score (nSPS) is 11.7. The van der Waals surface area contributed by atoms with Gasteiger partial charge in [-0.3, -0.25) is 5.10 Å². The van der Waals surface area contributed by atoms with E-state index in [1.165, 1.54) is 17.0 Å². The number of sulfonamides is 1. The molecular formula is C12H16N4O4S. The van der Waals surface area contributed by atoms with E-state index in [1.54, 1.807) is 6.07 Å². The highest BCUT2D eigenvalue weighted by Crippen LogP contribution is 2.15. The van der Waals surface area contributed by atoms with E-state index in [9.17, 15) is 13.2 Å². The number of aromatic nitrogens is 3. The molecule has 0 atom stereocenters. The molecule has 0 saturated heterocycles. The monoisotopic (exact) mass is 312 g/mol. The Morgan fingerprint density at radius 3 is 2.86 bits per heavy atom. The molecule has 0 spiro atoms. The van der Waals surface area contributed by atoms with Crippen LogP contribution in [-0.2, 0) is 23.1 Å². The molecule has 2 heterocycles. The van der Waals surface area contributed by atoms with Crippen LogP contribution in [0.1, 0.15) is 29.5 Å². The predicted molar refractivity (Wildman–Crippen MR) is 74.3 cm³/mol. The molecule has 9 heteroatoms. The van der Waals surface area contributed by atoms with Gasteiger partial charge in [-0.2, -0.15) is 5.10 Å². The molecule has 0 unspecified atom stereocenters. The van der Waals surface area contributed by atoms with E-state index < -0.39 is 16.0 Å². The molecule has 2 aromatic heterocycles. The first-order valence-corrected chi connectivity index (χ1v) is 7.83. The largest absolute Gasteiger partial charge is 0.477 e. The highest BCUT2D eigenvalue weighted by atomic mass is 32.2. The second-order valence-corrected chi connectivity index (χ2v) is 6.23. The van der Waals surface area contributed by atoms with Crippen LogP contribution in [0.2, 0.25) is 0 Å². The first-order chi connectivity index (χ1) is 9.94. The summed E-state index contributed by atoms with van der Waals surface area (Å²) in [7, 11) is -3.77. The zero-order chi connectivity index (χ0) is 15.5. The number of nitrogens with one attached hydrogen (secondary N) is 2. The number of H-pyrrole nitrogens is 1. The number of rotatable bonds is 7. The molecule has 0 saturated carbocycles. The molecule has 0 aliphatic rings. The van der Waals surface area contributed by atoms with Crippen molar-refractivity contribution in [3.63, 3.8) is 0 Å². The van der Waals surface area contributed by atoms with Gasteiger partial charge in [-0.05, 0) is 18.6 Å². The van der Waals surface area contributed by atoms with Gasteiger partial charge in [-0.15, -0.1) is 0 Å². The molecule has 0 aliphatic heterocycles. The molecule has 21 heavy (non-hydrogen) atoms. The van der Waals surface area contributed by atoms with Crippen molar-refractivity contribution in [1.82, 2.24) is 19.5 Å². The van der Waals surface area contributed by atoms with E-state index >= 15 is 0 Å². The molecule has 0 bridgehead atoms. The molecule has 8 nitrogen and oxygen atoms in total. The lowest BCUT2D eigenvalue weighted by Gasteiger charge is -2.03. The minimum absolute atomic E-state index is 0.0428. The summed E-state index contributed by atoms with van der Waals surface area (Å²) in [6, 6.07) is 2.81. The van der Waals surface area contributed by atoms with Gasteiger partial charge in [0.05, 0.1) is 12.2 Å². The van der Waals surface area contributed by atoms with Crippen molar-refractivity contribution in [2.45, 2.75) is 31.3 Å². The van der Waals surface area contributed by atoms with Crippen LogP contribution in [-0.4, -0.2) is 34.3 Å². The van der Waals surface area contributed by atoms with E-state index in [1.807, 2.05) is 6.92 Å². The van der Waals surface area contributed by atoms with Gasteiger partial charge in [-0.25, -0.2) is 17.9 Å². The maximum absolute atomic E-state index is 12.2. The fraction of sp³-hybridized carbons (Fsp3) is 0.333. The van der Waals surface area contributed by atoms with Crippen LogP contribution < -0.4 is 4.72 Å². The van der Waals surface area contributed by atoms with Gasteiger partial charge in [0.25, 0.3) is 0 Å². The Balaban J connectivity index is 2.23. The minimum Gasteiger partial charge on any atom is -0.477 e. The van der Waals surface area contributed by atoms with Crippen molar-refractivity contribution in [2.24, 2.45) is 0 Å². The lowest BCUT2D eigenvalue weighted by atomic mass is 10.4. The molecule has 2 aromatic rings. The summed E-state index contributed by atoms with van der Waals surface area (Å²) in [6.45, 7) is 2.39. The number of carbonyl (C=O) groups is 1. The third-order valence-electron chi connectivity index (χ3n) is 2.88. The Bertz CT molecular complexity index is 719. The van der Waals surface area contributed by atoms with E-state index in [-0.39, 0.29) is 17.1 Å². The van der Waals surface area contributed by atoms with E-state index in [2.05, 4.69) is 14.9 Å². The van der Waals surface area contributed by atoms with Crippen LogP contribution in [0.3, 0.4) is 0 Å². The van der Waals surface area contributed by atoms with Crippen molar-refractivity contribution in [3.05, 3.63) is 35.9 Å². The Hall–Kier alpha value is -2.13. The van der Waals surface area contributed by atoms with Gasteiger partial charge in [0, 0.05) is 18.9 Å². The number of hydrogen-bond acceptors (Lipinski definition) is 4. The van der Waals surface area contributed by atoms with Gasteiger partial charge in [0.15, 0.2) is 0 Å². The Morgan fingerprint density at radius 2 is 2.29 bits per heavy atom. The van der Waals surface area contributed by atoms with E-state index in [0.717, 1.165) is 6.07 Å². The molecular weight excluding hydrogens is 296 g/mol. The van der Waals surface area contributed by atoms with Crippen molar-refractivity contribution >= 4 is 16.0 Å². The molecule has 0 aromatic carbocycles. The molecule has 114 valence electrons. The van der Waals surface area contributed by atoms with E-state index in [4.69, 9.17) is 5.11 Å². The number of carboxylic acids is 1. The highest BCUT2D eigenvalue weighted by Gasteiger charge is 2.21. The summed E-state index contributed by atoms with van der Waals surface area (Å²) in [4.78, 5) is 11.1. The number of aromatic amines is 1. The average Bonchev–Trinajstić information content (AvgIpc) is 3.06. The van der Waals surface area contributed by atoms with Crippen molar-refractivity contribution < 1.29 is 18.3 Å². The van der Waals surface area contributed by atoms with Crippen LogP contribution in [0, 0.1) is 0 Å². The maximum atomic E-state index is 12.2. The zero-order valence-corrected chi connectivity index (χ0v) is 12.2. The van der Waals surface area contributed by atoms with Gasteiger partial charge in [-0.1, -0.05) is 6.92 Å². The smallest absolute Gasteiger partial charge is 0.352 e. The average molecular weight is 312 g/mol. The third-order valence-corrected chi connectivity index (χ3v) is 4.24. The molecule has 3 N–H and O–H groups in total. The minimum atomic E-state index is -3.77. The summed E-state index contributed by atoms with van der Waals surface area (Å²) in [5.74, 6) is -1.15. The van der Waals surface area contributed by atoms with Crippen LogP contribution >= 0.6 is 0 Å². The van der Waals surface area contributed by atoms with Gasteiger partial charge >= 0.3 is 5.97 Å². The fourth-order valence-electron chi connectivity index (χ4n) is 1.87. The summed E-state index contributed by atoms with van der Waals surface area (Å²) in [5, 5.41) is 15.5. The number of hydrogen-bond donors (Lipinski definition) is 3. The summed E-state index contributed by atoms with van der Waals surface area (Å²) >= 11 is 0. The summed E-state index contributed by atoms with van der Waals surface area (Å²) in [6.07, 6.45) is 3.56. The number of nitrogens with zero attached hydrogens (tertiary/aromatic N) is 2. The van der Waals surface area contributed by atoms with Gasteiger partial charge in [0.2, 0.25) is 10.0 Å².